The molecule has 7 heteroatoms. The molecule has 110 valence electrons. The van der Waals surface area contributed by atoms with E-state index < -0.39 is 0 Å². The summed E-state index contributed by atoms with van der Waals surface area (Å²) in [6, 6.07) is 8.00. The van der Waals surface area contributed by atoms with Crippen molar-refractivity contribution < 1.29 is 9.21 Å². The minimum absolute atomic E-state index is 0.0168. The Hall–Kier alpha value is -1.34. The molecule has 1 atom stereocenters. The summed E-state index contributed by atoms with van der Waals surface area (Å²) in [7, 11) is 0. The number of nitrogens with zero attached hydrogens (tertiary/aromatic N) is 2. The molecule has 0 saturated heterocycles. The van der Waals surface area contributed by atoms with Crippen molar-refractivity contribution in [1.82, 2.24) is 15.5 Å². The van der Waals surface area contributed by atoms with Gasteiger partial charge in [-0.05, 0) is 47.8 Å². The molecular weight excluding hydrogens is 354 g/mol. The molecule has 0 aliphatic heterocycles. The third-order valence-electron chi connectivity index (χ3n) is 3.08. The highest BCUT2D eigenvalue weighted by Gasteiger charge is 2.27. The van der Waals surface area contributed by atoms with Gasteiger partial charge in [0, 0.05) is 10.5 Å². The van der Waals surface area contributed by atoms with Crippen LogP contribution in [0.5, 0.6) is 0 Å². The number of hydrogen-bond donors (Lipinski definition) is 1. The lowest BCUT2D eigenvalue weighted by Crippen LogP contribution is -2.32. The summed E-state index contributed by atoms with van der Waals surface area (Å²) >= 11 is 4.73. The molecule has 1 fully saturated rings. The van der Waals surface area contributed by atoms with E-state index in [2.05, 4.69) is 31.4 Å². The first kappa shape index (κ1) is 14.6. The Morgan fingerprint density at radius 1 is 1.43 bits per heavy atom. The zero-order chi connectivity index (χ0) is 14.8. The average Bonchev–Trinajstić information content (AvgIpc) is 3.16. The standard InChI is InChI=1S/C14H14BrN3O2S/c1-8(12(19)16-9-6-7-9)21-14-18-17-13(20-14)10-4-2-3-5-11(10)15/h2-5,8-9H,6-7H2,1H3,(H,16,19)/t8-/m1/s1. The Bertz CT molecular complexity index is 657. The Labute approximate surface area is 135 Å². The van der Waals surface area contributed by atoms with Crippen molar-refractivity contribution in [3.8, 4) is 11.5 Å². The van der Waals surface area contributed by atoms with Crippen molar-refractivity contribution in [3.05, 3.63) is 28.7 Å². The number of hydrogen-bond acceptors (Lipinski definition) is 5. The molecule has 1 aromatic heterocycles. The topological polar surface area (TPSA) is 68.0 Å². The van der Waals surface area contributed by atoms with E-state index in [4.69, 9.17) is 4.42 Å². The number of carbonyl (C=O) groups excluding carboxylic acids is 1. The van der Waals surface area contributed by atoms with Crippen LogP contribution in [0, 0.1) is 0 Å². The van der Waals surface area contributed by atoms with Crippen molar-refractivity contribution in [2.45, 2.75) is 36.3 Å². The van der Waals surface area contributed by atoms with Crippen molar-refractivity contribution in [2.75, 3.05) is 0 Å². The highest BCUT2D eigenvalue weighted by atomic mass is 79.9. The van der Waals surface area contributed by atoms with Gasteiger partial charge in [-0.2, -0.15) is 0 Å². The summed E-state index contributed by atoms with van der Waals surface area (Å²) in [6.45, 7) is 1.84. The van der Waals surface area contributed by atoms with Crippen LogP contribution in [0.1, 0.15) is 19.8 Å². The molecule has 1 amide bonds. The normalized spacial score (nSPS) is 15.7. The molecule has 1 N–H and O–H groups in total. The minimum Gasteiger partial charge on any atom is -0.411 e. The fourth-order valence-corrected chi connectivity index (χ4v) is 2.90. The fourth-order valence-electron chi connectivity index (χ4n) is 1.75. The number of rotatable bonds is 5. The number of thioether (sulfide) groups is 1. The molecule has 0 spiro atoms. The summed E-state index contributed by atoms with van der Waals surface area (Å²) in [5.41, 5.74) is 0.840. The van der Waals surface area contributed by atoms with Crippen LogP contribution in [0.4, 0.5) is 0 Å². The number of halogens is 1. The van der Waals surface area contributed by atoms with Crippen LogP contribution >= 0.6 is 27.7 Å². The summed E-state index contributed by atoms with van der Waals surface area (Å²) in [6.07, 6.45) is 2.16. The summed E-state index contributed by atoms with van der Waals surface area (Å²) in [4.78, 5) is 11.9. The number of carbonyl (C=O) groups is 1. The monoisotopic (exact) mass is 367 g/mol. The van der Waals surface area contributed by atoms with E-state index in [9.17, 15) is 4.79 Å². The molecule has 0 unspecified atom stereocenters. The smallest absolute Gasteiger partial charge is 0.277 e. The van der Waals surface area contributed by atoms with Crippen LogP contribution in [-0.2, 0) is 4.79 Å². The van der Waals surface area contributed by atoms with E-state index in [0.717, 1.165) is 22.9 Å². The molecule has 2 aromatic rings. The second-order valence-electron chi connectivity index (χ2n) is 4.90. The first-order chi connectivity index (χ1) is 10.1. The van der Waals surface area contributed by atoms with Crippen molar-refractivity contribution in [1.29, 1.82) is 0 Å². The van der Waals surface area contributed by atoms with E-state index in [1.165, 1.54) is 11.8 Å². The highest BCUT2D eigenvalue weighted by molar-refractivity contribution is 9.10. The molecule has 21 heavy (non-hydrogen) atoms. The van der Waals surface area contributed by atoms with Crippen LogP contribution in [0.2, 0.25) is 0 Å². The Morgan fingerprint density at radius 3 is 2.90 bits per heavy atom. The van der Waals surface area contributed by atoms with E-state index >= 15 is 0 Å². The van der Waals surface area contributed by atoms with Gasteiger partial charge in [0.2, 0.25) is 11.8 Å². The van der Waals surface area contributed by atoms with Gasteiger partial charge in [-0.25, -0.2) is 0 Å². The summed E-state index contributed by atoms with van der Waals surface area (Å²) < 4.78 is 6.52. The largest absolute Gasteiger partial charge is 0.411 e. The van der Waals surface area contributed by atoms with Crippen LogP contribution < -0.4 is 5.32 Å². The van der Waals surface area contributed by atoms with Gasteiger partial charge in [0.05, 0.1) is 10.8 Å². The van der Waals surface area contributed by atoms with Gasteiger partial charge in [-0.1, -0.05) is 23.9 Å². The molecule has 1 aliphatic rings. The maximum Gasteiger partial charge on any atom is 0.277 e. The zero-order valence-corrected chi connectivity index (χ0v) is 13.8. The highest BCUT2D eigenvalue weighted by Crippen LogP contribution is 2.30. The molecule has 1 aliphatic carbocycles. The van der Waals surface area contributed by atoms with E-state index in [1.807, 2.05) is 31.2 Å². The van der Waals surface area contributed by atoms with Gasteiger partial charge in [0.25, 0.3) is 5.22 Å². The Morgan fingerprint density at radius 2 is 2.19 bits per heavy atom. The van der Waals surface area contributed by atoms with Gasteiger partial charge < -0.3 is 9.73 Å². The van der Waals surface area contributed by atoms with E-state index in [-0.39, 0.29) is 11.2 Å². The lowest BCUT2D eigenvalue weighted by molar-refractivity contribution is -0.120. The Kier molecular flexibility index (Phi) is 4.30. The maximum absolute atomic E-state index is 11.9. The molecule has 5 nitrogen and oxygen atoms in total. The predicted molar refractivity (Wildman–Crippen MR) is 83.9 cm³/mol. The number of amides is 1. The fraction of sp³-hybridized carbons (Fsp3) is 0.357. The van der Waals surface area contributed by atoms with Crippen LogP contribution in [0.15, 0.2) is 38.4 Å². The zero-order valence-electron chi connectivity index (χ0n) is 11.4. The lowest BCUT2D eigenvalue weighted by atomic mass is 10.2. The number of benzene rings is 1. The van der Waals surface area contributed by atoms with Gasteiger partial charge in [0.1, 0.15) is 0 Å². The van der Waals surface area contributed by atoms with E-state index in [0.29, 0.717) is 17.2 Å². The number of nitrogens with one attached hydrogen (secondary N) is 1. The molecule has 0 bridgehead atoms. The van der Waals surface area contributed by atoms with Crippen LogP contribution in [-0.4, -0.2) is 27.4 Å². The van der Waals surface area contributed by atoms with Crippen molar-refractivity contribution >= 4 is 33.6 Å². The van der Waals surface area contributed by atoms with Crippen LogP contribution in [0.25, 0.3) is 11.5 Å². The number of aromatic nitrogens is 2. The minimum atomic E-state index is -0.252. The van der Waals surface area contributed by atoms with Crippen LogP contribution in [0.3, 0.4) is 0 Å². The van der Waals surface area contributed by atoms with Crippen molar-refractivity contribution in [3.63, 3.8) is 0 Å². The van der Waals surface area contributed by atoms with Gasteiger partial charge in [-0.3, -0.25) is 4.79 Å². The molecular formula is C14H14BrN3O2S. The first-order valence-electron chi connectivity index (χ1n) is 6.69. The molecule has 1 aromatic carbocycles. The quantitative estimate of drug-likeness (QED) is 0.821. The maximum atomic E-state index is 11.9. The molecule has 0 radical (unpaired) electrons. The SMILES string of the molecule is C[C@@H](Sc1nnc(-c2ccccc2Br)o1)C(=O)NC1CC1. The predicted octanol–water partition coefficient (Wildman–Crippen LogP) is 3.26. The van der Waals surface area contributed by atoms with Crippen molar-refractivity contribution in [2.24, 2.45) is 0 Å². The first-order valence-corrected chi connectivity index (χ1v) is 8.36. The third kappa shape index (κ3) is 3.65. The average molecular weight is 368 g/mol. The molecule has 1 heterocycles. The lowest BCUT2D eigenvalue weighted by Gasteiger charge is -2.08. The Balaban J connectivity index is 1.67. The molecule has 1 saturated carbocycles. The summed E-state index contributed by atoms with van der Waals surface area (Å²) in [5, 5.41) is 11.1. The summed E-state index contributed by atoms with van der Waals surface area (Å²) in [5.74, 6) is 0.461. The van der Waals surface area contributed by atoms with Gasteiger partial charge >= 0.3 is 0 Å². The third-order valence-corrected chi connectivity index (χ3v) is 4.71. The molecule has 3 rings (SSSR count). The van der Waals surface area contributed by atoms with Gasteiger partial charge in [0.15, 0.2) is 0 Å². The van der Waals surface area contributed by atoms with E-state index in [1.54, 1.807) is 0 Å². The second kappa shape index (κ2) is 6.19. The second-order valence-corrected chi connectivity index (χ2v) is 7.04. The van der Waals surface area contributed by atoms with Gasteiger partial charge in [-0.15, -0.1) is 10.2 Å².